The average Bonchev–Trinajstić information content (AvgIpc) is 3.69. The highest BCUT2D eigenvalue weighted by atomic mass is 32.1. The highest BCUT2D eigenvalue weighted by molar-refractivity contribution is 7.19. The Morgan fingerprint density at radius 2 is 0.806 bits per heavy atom. The van der Waals surface area contributed by atoms with Crippen LogP contribution in [0.3, 0.4) is 0 Å². The molecule has 0 amide bonds. The van der Waals surface area contributed by atoms with Gasteiger partial charge in [0.1, 0.15) is 0 Å². The maximum atomic E-state index is 2.34. The van der Waals surface area contributed by atoms with Gasteiger partial charge in [-0.05, 0) is 58.7 Å². The summed E-state index contributed by atoms with van der Waals surface area (Å²) >= 11 is 3.71. The van der Waals surface area contributed by atoms with E-state index in [2.05, 4.69) is 133 Å². The lowest BCUT2D eigenvalue weighted by molar-refractivity contribution is 1.01. The van der Waals surface area contributed by atoms with E-state index in [1.165, 1.54) is 63.6 Å². The van der Waals surface area contributed by atoms with Gasteiger partial charge in [-0.1, -0.05) is 84.9 Å². The van der Waals surface area contributed by atoms with E-state index in [1.54, 1.807) is 0 Å². The highest BCUT2D eigenvalue weighted by Crippen LogP contribution is 2.39. The molecule has 4 aromatic carbocycles. The van der Waals surface area contributed by atoms with Crippen molar-refractivity contribution < 1.29 is 0 Å². The van der Waals surface area contributed by atoms with Crippen LogP contribution in [-0.4, -0.2) is 4.57 Å². The quantitative estimate of drug-likeness (QED) is 0.228. The minimum atomic E-state index is 1.27. The SMILES string of the molecule is Cn1c2cc(-c3ccc(-c4ccccc4)s3)ccc2c2ccc(-c3ccc(-c4ccccc4)s3)cc21. The lowest BCUT2D eigenvalue weighted by Gasteiger charge is -2.02. The molecule has 7 rings (SSSR count). The van der Waals surface area contributed by atoms with Crippen molar-refractivity contribution in [2.45, 2.75) is 0 Å². The molecule has 0 aliphatic heterocycles. The van der Waals surface area contributed by atoms with Crippen LogP contribution < -0.4 is 0 Å². The molecule has 0 aliphatic carbocycles. The second kappa shape index (κ2) is 8.63. The smallest absolute Gasteiger partial charge is 0.0495 e. The number of benzene rings is 4. The summed E-state index contributed by atoms with van der Waals surface area (Å²) in [6.45, 7) is 0. The summed E-state index contributed by atoms with van der Waals surface area (Å²) in [6, 6.07) is 44.0. The van der Waals surface area contributed by atoms with Crippen LogP contribution in [0.2, 0.25) is 0 Å². The van der Waals surface area contributed by atoms with E-state index in [-0.39, 0.29) is 0 Å². The first-order valence-corrected chi connectivity index (χ1v) is 13.7. The lowest BCUT2D eigenvalue weighted by atomic mass is 10.1. The molecule has 172 valence electrons. The number of nitrogens with zero attached hydrogens (tertiary/aromatic N) is 1. The predicted molar refractivity (Wildman–Crippen MR) is 158 cm³/mol. The predicted octanol–water partition coefficient (Wildman–Crippen LogP) is 10.1. The van der Waals surface area contributed by atoms with E-state index in [4.69, 9.17) is 0 Å². The molecule has 1 nitrogen and oxygen atoms in total. The van der Waals surface area contributed by atoms with Gasteiger partial charge in [0, 0.05) is 48.4 Å². The fourth-order valence-corrected chi connectivity index (χ4v) is 7.03. The summed E-state index contributed by atoms with van der Waals surface area (Å²) in [5, 5.41) is 2.61. The second-order valence-electron chi connectivity index (χ2n) is 9.08. The number of aryl methyl sites for hydroxylation is 1. The maximum absolute atomic E-state index is 2.34. The molecule has 0 aliphatic rings. The minimum Gasteiger partial charge on any atom is -0.344 e. The van der Waals surface area contributed by atoms with Gasteiger partial charge in [-0.3, -0.25) is 0 Å². The Hall–Kier alpha value is -3.92. The van der Waals surface area contributed by atoms with E-state index in [0.717, 1.165) is 0 Å². The molecule has 0 bridgehead atoms. The van der Waals surface area contributed by atoms with Crippen LogP contribution in [0.15, 0.2) is 121 Å². The van der Waals surface area contributed by atoms with E-state index in [1.807, 2.05) is 22.7 Å². The molecule has 0 fully saturated rings. The summed E-state index contributed by atoms with van der Waals surface area (Å²) in [4.78, 5) is 5.21. The summed E-state index contributed by atoms with van der Waals surface area (Å²) in [5.74, 6) is 0. The van der Waals surface area contributed by atoms with Gasteiger partial charge < -0.3 is 4.57 Å². The number of fused-ring (bicyclic) bond motifs is 3. The van der Waals surface area contributed by atoms with Crippen molar-refractivity contribution in [2.75, 3.05) is 0 Å². The first kappa shape index (κ1) is 21.4. The second-order valence-corrected chi connectivity index (χ2v) is 11.3. The Bertz CT molecular complexity index is 1700. The van der Waals surface area contributed by atoms with Crippen LogP contribution in [0, 0.1) is 0 Å². The third kappa shape index (κ3) is 3.60. The number of hydrogen-bond donors (Lipinski definition) is 0. The van der Waals surface area contributed by atoms with Crippen LogP contribution in [0.5, 0.6) is 0 Å². The van der Waals surface area contributed by atoms with Crippen LogP contribution in [0.4, 0.5) is 0 Å². The molecule has 0 spiro atoms. The summed E-state index contributed by atoms with van der Waals surface area (Å²) in [5.41, 5.74) is 7.63. The number of aromatic nitrogens is 1. The maximum Gasteiger partial charge on any atom is 0.0495 e. The first-order valence-electron chi connectivity index (χ1n) is 12.1. The van der Waals surface area contributed by atoms with Gasteiger partial charge in [0.2, 0.25) is 0 Å². The van der Waals surface area contributed by atoms with Crippen molar-refractivity contribution >= 4 is 44.5 Å². The van der Waals surface area contributed by atoms with Crippen molar-refractivity contribution in [3.8, 4) is 41.8 Å². The Morgan fingerprint density at radius 3 is 1.22 bits per heavy atom. The molecule has 36 heavy (non-hydrogen) atoms. The Balaban J connectivity index is 1.28. The Kier molecular flexibility index (Phi) is 5.12. The van der Waals surface area contributed by atoms with Crippen LogP contribution in [-0.2, 0) is 7.05 Å². The van der Waals surface area contributed by atoms with Crippen LogP contribution in [0.1, 0.15) is 0 Å². The third-order valence-corrected chi connectivity index (χ3v) is 9.27. The van der Waals surface area contributed by atoms with Crippen molar-refractivity contribution in [3.63, 3.8) is 0 Å². The molecule has 0 atom stereocenters. The van der Waals surface area contributed by atoms with Gasteiger partial charge in [0.15, 0.2) is 0 Å². The summed E-state index contributed by atoms with van der Waals surface area (Å²) in [7, 11) is 2.19. The molecule has 0 unspecified atom stereocenters. The zero-order chi connectivity index (χ0) is 24.1. The topological polar surface area (TPSA) is 4.93 Å². The first-order chi connectivity index (χ1) is 17.7. The molecule has 0 N–H and O–H groups in total. The molecule has 3 aromatic heterocycles. The molecule has 0 radical (unpaired) electrons. The highest BCUT2D eigenvalue weighted by Gasteiger charge is 2.13. The minimum absolute atomic E-state index is 1.27. The van der Waals surface area contributed by atoms with Crippen molar-refractivity contribution in [1.29, 1.82) is 0 Å². The normalized spacial score (nSPS) is 11.5. The number of rotatable bonds is 4. The molecule has 3 heterocycles. The molecular formula is C33H23NS2. The van der Waals surface area contributed by atoms with Crippen molar-refractivity contribution in [3.05, 3.63) is 121 Å². The summed E-state index contributed by atoms with van der Waals surface area (Å²) in [6.07, 6.45) is 0. The molecular weight excluding hydrogens is 475 g/mol. The van der Waals surface area contributed by atoms with Gasteiger partial charge in [0.05, 0.1) is 0 Å². The average molecular weight is 498 g/mol. The third-order valence-electron chi connectivity index (χ3n) is 6.91. The largest absolute Gasteiger partial charge is 0.344 e. The zero-order valence-corrected chi connectivity index (χ0v) is 21.4. The number of hydrogen-bond acceptors (Lipinski definition) is 2. The van der Waals surface area contributed by atoms with Crippen molar-refractivity contribution in [2.24, 2.45) is 7.05 Å². The van der Waals surface area contributed by atoms with Crippen LogP contribution in [0.25, 0.3) is 63.6 Å². The monoisotopic (exact) mass is 497 g/mol. The van der Waals surface area contributed by atoms with E-state index < -0.39 is 0 Å². The van der Waals surface area contributed by atoms with E-state index in [9.17, 15) is 0 Å². The van der Waals surface area contributed by atoms with Gasteiger partial charge >= 0.3 is 0 Å². The molecule has 3 heteroatoms. The fraction of sp³-hybridized carbons (Fsp3) is 0.0303. The van der Waals surface area contributed by atoms with Gasteiger partial charge in [0.25, 0.3) is 0 Å². The van der Waals surface area contributed by atoms with Gasteiger partial charge in [-0.25, -0.2) is 0 Å². The van der Waals surface area contributed by atoms with Crippen molar-refractivity contribution in [1.82, 2.24) is 4.57 Å². The van der Waals surface area contributed by atoms with Crippen LogP contribution >= 0.6 is 22.7 Å². The standard InChI is InChI=1S/C33H23NS2/c1-34-28-20-24(32-18-16-30(35-32)22-8-4-2-5-9-22)12-14-26(28)27-15-13-25(21-29(27)34)33-19-17-31(36-33)23-10-6-3-7-11-23/h2-21H,1H3. The fourth-order valence-electron chi connectivity index (χ4n) is 5.01. The lowest BCUT2D eigenvalue weighted by Crippen LogP contribution is -1.87. The molecule has 0 saturated carbocycles. The number of thiophene rings is 2. The zero-order valence-electron chi connectivity index (χ0n) is 19.8. The van der Waals surface area contributed by atoms with E-state index in [0.29, 0.717) is 0 Å². The Labute approximate surface area is 218 Å². The van der Waals surface area contributed by atoms with Gasteiger partial charge in [-0.15, -0.1) is 22.7 Å². The van der Waals surface area contributed by atoms with E-state index >= 15 is 0 Å². The Morgan fingerprint density at radius 1 is 0.417 bits per heavy atom. The molecule has 7 aromatic rings. The van der Waals surface area contributed by atoms with Gasteiger partial charge in [-0.2, -0.15) is 0 Å². The molecule has 0 saturated heterocycles. The summed E-state index contributed by atoms with van der Waals surface area (Å²) < 4.78 is 2.34.